The van der Waals surface area contributed by atoms with Gasteiger partial charge in [-0.15, -0.1) is 0 Å². The van der Waals surface area contributed by atoms with Crippen LogP contribution in [0, 0.1) is 13.8 Å². The Labute approximate surface area is 179 Å². The average molecular weight is 421 g/mol. The summed E-state index contributed by atoms with van der Waals surface area (Å²) in [7, 11) is 0. The maximum absolute atomic E-state index is 12.3. The number of hydrogen-bond donors (Lipinski definition) is 1. The van der Waals surface area contributed by atoms with E-state index in [-0.39, 0.29) is 17.9 Å². The van der Waals surface area contributed by atoms with Gasteiger partial charge in [-0.25, -0.2) is 14.3 Å². The molecule has 160 valence electrons. The lowest BCUT2D eigenvalue weighted by atomic mass is 10.2. The largest absolute Gasteiger partial charge is 0.462 e. The normalized spacial score (nSPS) is 10.4. The minimum absolute atomic E-state index is 0.219. The van der Waals surface area contributed by atoms with Crippen molar-refractivity contribution in [1.82, 2.24) is 9.78 Å². The molecule has 0 saturated heterocycles. The van der Waals surface area contributed by atoms with Crippen LogP contribution < -0.4 is 5.32 Å². The number of hydrogen-bond acceptors (Lipinski definition) is 6. The van der Waals surface area contributed by atoms with Crippen molar-refractivity contribution in [2.24, 2.45) is 0 Å². The van der Waals surface area contributed by atoms with E-state index in [1.807, 2.05) is 19.9 Å². The van der Waals surface area contributed by atoms with Gasteiger partial charge in [-0.1, -0.05) is 12.1 Å². The fourth-order valence-electron chi connectivity index (χ4n) is 3.01. The summed E-state index contributed by atoms with van der Waals surface area (Å²) in [6.07, 6.45) is 0. The molecule has 1 amide bonds. The third-order valence-corrected chi connectivity index (χ3v) is 4.39. The molecule has 0 aliphatic rings. The molecule has 1 N–H and O–H groups in total. The molecule has 0 aliphatic heterocycles. The quantitative estimate of drug-likeness (QED) is 0.587. The predicted molar refractivity (Wildman–Crippen MR) is 114 cm³/mol. The number of aryl methyl sites for hydroxylation is 2. The molecule has 8 nitrogen and oxygen atoms in total. The van der Waals surface area contributed by atoms with Gasteiger partial charge in [0.15, 0.2) is 6.61 Å². The molecule has 0 aliphatic carbocycles. The fourth-order valence-corrected chi connectivity index (χ4v) is 3.01. The van der Waals surface area contributed by atoms with Gasteiger partial charge >= 0.3 is 11.9 Å². The minimum atomic E-state index is -0.631. The lowest BCUT2D eigenvalue weighted by Crippen LogP contribution is -2.22. The summed E-state index contributed by atoms with van der Waals surface area (Å²) in [5, 5.41) is 6.97. The molecule has 1 heterocycles. The van der Waals surface area contributed by atoms with E-state index in [2.05, 4.69) is 10.4 Å². The average Bonchev–Trinajstić information content (AvgIpc) is 3.10. The van der Waals surface area contributed by atoms with Crippen molar-refractivity contribution in [2.45, 2.75) is 20.8 Å². The number of nitrogens with one attached hydrogen (secondary N) is 1. The molecule has 3 aromatic rings. The molecular weight excluding hydrogens is 398 g/mol. The number of esters is 2. The third-order valence-electron chi connectivity index (χ3n) is 4.39. The third kappa shape index (κ3) is 5.36. The highest BCUT2D eigenvalue weighted by Gasteiger charge is 2.16. The van der Waals surface area contributed by atoms with Gasteiger partial charge in [0.2, 0.25) is 0 Å². The maximum atomic E-state index is 12.3. The molecule has 0 atom stereocenters. The lowest BCUT2D eigenvalue weighted by Gasteiger charge is -2.11. The Morgan fingerprint density at radius 3 is 2.32 bits per heavy atom. The van der Waals surface area contributed by atoms with Crippen LogP contribution in [-0.2, 0) is 14.3 Å². The summed E-state index contributed by atoms with van der Waals surface area (Å²) < 4.78 is 11.8. The summed E-state index contributed by atoms with van der Waals surface area (Å²) >= 11 is 0. The van der Waals surface area contributed by atoms with Crippen LogP contribution >= 0.6 is 0 Å². The second kappa shape index (κ2) is 9.71. The zero-order valence-corrected chi connectivity index (χ0v) is 17.5. The molecule has 0 radical (unpaired) electrons. The Hall–Kier alpha value is -3.94. The van der Waals surface area contributed by atoms with Crippen molar-refractivity contribution < 1.29 is 23.9 Å². The van der Waals surface area contributed by atoms with Crippen LogP contribution in [-0.4, -0.2) is 40.8 Å². The summed E-state index contributed by atoms with van der Waals surface area (Å²) in [5.41, 5.74) is 3.52. The molecule has 2 aromatic carbocycles. The molecule has 0 fully saturated rings. The second-order valence-corrected chi connectivity index (χ2v) is 6.78. The summed E-state index contributed by atoms with van der Waals surface area (Å²) in [5.74, 6) is -1.74. The number of rotatable bonds is 7. The van der Waals surface area contributed by atoms with Gasteiger partial charge in [-0.05, 0) is 63.2 Å². The number of carbonyl (C=O) groups is 3. The standard InChI is InChI=1S/C23H23N3O5/c1-4-30-23(29)19-7-5-6-8-20(19)24-21(27)14-31-22(28)17-9-11-18(12-10-17)26-16(3)13-15(2)25-26/h5-13H,4,14H2,1-3H3,(H,24,27). The van der Waals surface area contributed by atoms with Crippen molar-refractivity contribution in [1.29, 1.82) is 0 Å². The van der Waals surface area contributed by atoms with Crippen molar-refractivity contribution in [2.75, 3.05) is 18.5 Å². The Balaban J connectivity index is 1.59. The number of aromatic nitrogens is 2. The van der Waals surface area contributed by atoms with E-state index in [1.54, 1.807) is 60.1 Å². The smallest absolute Gasteiger partial charge is 0.340 e. The number of para-hydroxylation sites is 1. The topological polar surface area (TPSA) is 99.5 Å². The number of benzene rings is 2. The second-order valence-electron chi connectivity index (χ2n) is 6.78. The van der Waals surface area contributed by atoms with E-state index >= 15 is 0 Å². The van der Waals surface area contributed by atoms with E-state index in [9.17, 15) is 14.4 Å². The molecule has 3 rings (SSSR count). The van der Waals surface area contributed by atoms with Crippen LogP contribution in [0.3, 0.4) is 0 Å². The summed E-state index contributed by atoms with van der Waals surface area (Å²) in [4.78, 5) is 36.5. The number of nitrogens with zero attached hydrogens (tertiary/aromatic N) is 2. The maximum Gasteiger partial charge on any atom is 0.340 e. The fraction of sp³-hybridized carbons (Fsp3) is 0.217. The number of amides is 1. The van der Waals surface area contributed by atoms with Crippen molar-refractivity contribution in [3.8, 4) is 5.69 Å². The van der Waals surface area contributed by atoms with Gasteiger partial charge in [0.1, 0.15) is 0 Å². The number of anilines is 1. The molecule has 31 heavy (non-hydrogen) atoms. The van der Waals surface area contributed by atoms with Crippen LogP contribution in [0.2, 0.25) is 0 Å². The number of carbonyl (C=O) groups excluding carboxylic acids is 3. The van der Waals surface area contributed by atoms with Gasteiger partial charge in [0.05, 0.1) is 34.8 Å². The van der Waals surface area contributed by atoms with Crippen LogP contribution in [0.5, 0.6) is 0 Å². The first-order chi connectivity index (χ1) is 14.9. The Kier molecular flexibility index (Phi) is 6.81. The van der Waals surface area contributed by atoms with Crippen molar-refractivity contribution in [3.63, 3.8) is 0 Å². The van der Waals surface area contributed by atoms with Crippen LogP contribution in [0.1, 0.15) is 39.0 Å². The van der Waals surface area contributed by atoms with E-state index in [0.29, 0.717) is 5.56 Å². The molecule has 1 aromatic heterocycles. The predicted octanol–water partition coefficient (Wildman–Crippen LogP) is 3.46. The van der Waals surface area contributed by atoms with E-state index in [4.69, 9.17) is 9.47 Å². The first kappa shape index (κ1) is 21.8. The monoisotopic (exact) mass is 421 g/mol. The summed E-state index contributed by atoms with van der Waals surface area (Å²) in [6.45, 7) is 5.28. The first-order valence-electron chi connectivity index (χ1n) is 9.76. The SMILES string of the molecule is CCOC(=O)c1ccccc1NC(=O)COC(=O)c1ccc(-n2nc(C)cc2C)cc1. The first-order valence-corrected chi connectivity index (χ1v) is 9.76. The lowest BCUT2D eigenvalue weighted by molar-refractivity contribution is -0.119. The van der Waals surface area contributed by atoms with E-state index in [1.165, 1.54) is 0 Å². The van der Waals surface area contributed by atoms with Gasteiger partial charge < -0.3 is 14.8 Å². The Morgan fingerprint density at radius 1 is 0.968 bits per heavy atom. The Morgan fingerprint density at radius 2 is 1.68 bits per heavy atom. The van der Waals surface area contributed by atoms with E-state index in [0.717, 1.165) is 17.1 Å². The van der Waals surface area contributed by atoms with Crippen molar-refractivity contribution >= 4 is 23.5 Å². The zero-order valence-electron chi connectivity index (χ0n) is 17.5. The molecule has 0 saturated carbocycles. The Bertz CT molecular complexity index is 1100. The molecule has 8 heteroatoms. The molecule has 0 unspecified atom stereocenters. The molecule has 0 spiro atoms. The van der Waals surface area contributed by atoms with Gasteiger partial charge in [-0.3, -0.25) is 4.79 Å². The van der Waals surface area contributed by atoms with E-state index < -0.39 is 24.5 Å². The highest BCUT2D eigenvalue weighted by molar-refractivity contribution is 6.02. The van der Waals surface area contributed by atoms with Crippen LogP contribution in [0.4, 0.5) is 5.69 Å². The molecular formula is C23H23N3O5. The highest BCUT2D eigenvalue weighted by atomic mass is 16.5. The van der Waals surface area contributed by atoms with Crippen LogP contribution in [0.25, 0.3) is 5.69 Å². The highest BCUT2D eigenvalue weighted by Crippen LogP contribution is 2.17. The minimum Gasteiger partial charge on any atom is -0.462 e. The summed E-state index contributed by atoms with van der Waals surface area (Å²) in [6, 6.07) is 15.2. The zero-order chi connectivity index (χ0) is 22.4. The number of ether oxygens (including phenoxy) is 2. The van der Waals surface area contributed by atoms with Gasteiger partial charge in [0.25, 0.3) is 5.91 Å². The van der Waals surface area contributed by atoms with Gasteiger partial charge in [0, 0.05) is 5.69 Å². The molecule has 0 bridgehead atoms. The van der Waals surface area contributed by atoms with Crippen molar-refractivity contribution in [3.05, 3.63) is 77.1 Å². The van der Waals surface area contributed by atoms with Gasteiger partial charge in [-0.2, -0.15) is 5.10 Å². The van der Waals surface area contributed by atoms with Crippen LogP contribution in [0.15, 0.2) is 54.6 Å².